The van der Waals surface area contributed by atoms with Crippen molar-refractivity contribution in [2.24, 2.45) is 0 Å². The molecule has 144 valence electrons. The normalized spacial score (nSPS) is 16.6. The van der Waals surface area contributed by atoms with E-state index in [1.54, 1.807) is 4.90 Å². The maximum absolute atomic E-state index is 12.5. The third-order valence-corrected chi connectivity index (χ3v) is 5.41. The molecular weight excluding hydrogens is 362 g/mol. The van der Waals surface area contributed by atoms with E-state index in [9.17, 15) is 9.90 Å². The van der Waals surface area contributed by atoms with E-state index >= 15 is 0 Å². The maximum Gasteiger partial charge on any atom is 0.232 e. The molecule has 2 atom stereocenters. The molecule has 0 saturated carbocycles. The molecule has 27 heavy (non-hydrogen) atoms. The maximum atomic E-state index is 12.5. The van der Waals surface area contributed by atoms with Crippen molar-refractivity contribution in [1.82, 2.24) is 4.90 Å². The fraction of sp³-hybridized carbons (Fsp3) is 0.381. The minimum Gasteiger partial charge on any atom is -0.486 e. The number of para-hydroxylation sites is 2. The number of amides is 1. The Hall–Kier alpha value is -2.18. The van der Waals surface area contributed by atoms with Crippen molar-refractivity contribution in [3.05, 3.63) is 60.2 Å². The lowest BCUT2D eigenvalue weighted by molar-refractivity contribution is -0.129. The van der Waals surface area contributed by atoms with Crippen molar-refractivity contribution in [3.63, 3.8) is 0 Å². The van der Waals surface area contributed by atoms with E-state index in [1.807, 2.05) is 61.5 Å². The molecule has 6 heteroatoms. The summed E-state index contributed by atoms with van der Waals surface area (Å²) in [5.41, 5.74) is 0.871. The van der Waals surface area contributed by atoms with Gasteiger partial charge >= 0.3 is 0 Å². The standard InChI is InChI=1S/C21H25NO4S/c1-2-22(12-17-13-25-19-10-6-7-11-20(19)26-17)21(24)15-27-14-18(23)16-8-4-3-5-9-16/h3-11,17-18,23H,2,12-15H2,1H3. The molecule has 0 aliphatic carbocycles. The van der Waals surface area contributed by atoms with Crippen LogP contribution in [0, 0.1) is 0 Å². The van der Waals surface area contributed by atoms with Gasteiger partial charge in [0.1, 0.15) is 6.61 Å². The monoisotopic (exact) mass is 387 g/mol. The summed E-state index contributed by atoms with van der Waals surface area (Å²) in [5, 5.41) is 10.2. The fourth-order valence-electron chi connectivity index (χ4n) is 2.93. The molecule has 0 fully saturated rings. The topological polar surface area (TPSA) is 59.0 Å². The van der Waals surface area contributed by atoms with Crippen LogP contribution in [0.15, 0.2) is 54.6 Å². The highest BCUT2D eigenvalue weighted by Gasteiger charge is 2.24. The lowest BCUT2D eigenvalue weighted by Crippen LogP contribution is -2.44. The van der Waals surface area contributed by atoms with Gasteiger partial charge in [-0.15, -0.1) is 11.8 Å². The van der Waals surface area contributed by atoms with Gasteiger partial charge in [0.25, 0.3) is 0 Å². The number of hydrogen-bond donors (Lipinski definition) is 1. The van der Waals surface area contributed by atoms with Crippen LogP contribution in [0.25, 0.3) is 0 Å². The van der Waals surface area contributed by atoms with E-state index in [2.05, 4.69) is 0 Å². The summed E-state index contributed by atoms with van der Waals surface area (Å²) in [6.45, 7) is 3.49. The van der Waals surface area contributed by atoms with Gasteiger partial charge in [-0.2, -0.15) is 0 Å². The van der Waals surface area contributed by atoms with Crippen molar-refractivity contribution in [1.29, 1.82) is 0 Å². The van der Waals surface area contributed by atoms with Crippen LogP contribution in [0.1, 0.15) is 18.6 Å². The van der Waals surface area contributed by atoms with Gasteiger partial charge in [0.2, 0.25) is 5.91 Å². The average molecular weight is 388 g/mol. The van der Waals surface area contributed by atoms with Gasteiger partial charge in [0.15, 0.2) is 17.6 Å². The Morgan fingerprint density at radius 2 is 1.89 bits per heavy atom. The van der Waals surface area contributed by atoms with Gasteiger partial charge in [-0.1, -0.05) is 42.5 Å². The highest BCUT2D eigenvalue weighted by Crippen LogP contribution is 2.31. The molecule has 2 unspecified atom stereocenters. The molecule has 5 nitrogen and oxygen atoms in total. The number of carbonyl (C=O) groups is 1. The molecular formula is C21H25NO4S. The summed E-state index contributed by atoms with van der Waals surface area (Å²) in [6, 6.07) is 17.1. The zero-order chi connectivity index (χ0) is 19.1. The molecule has 3 rings (SSSR count). The van der Waals surface area contributed by atoms with Crippen molar-refractivity contribution in [2.45, 2.75) is 19.1 Å². The Kier molecular flexibility index (Phi) is 7.01. The van der Waals surface area contributed by atoms with E-state index in [0.717, 1.165) is 17.1 Å². The average Bonchev–Trinajstić information content (AvgIpc) is 2.72. The molecule has 0 spiro atoms. The van der Waals surface area contributed by atoms with E-state index in [-0.39, 0.29) is 12.0 Å². The molecule has 2 aromatic rings. The van der Waals surface area contributed by atoms with E-state index in [4.69, 9.17) is 9.47 Å². The first-order valence-electron chi connectivity index (χ1n) is 9.14. The number of aliphatic hydroxyl groups excluding tert-OH is 1. The van der Waals surface area contributed by atoms with Crippen LogP contribution in [0.2, 0.25) is 0 Å². The predicted molar refractivity (Wildman–Crippen MR) is 107 cm³/mol. The van der Waals surface area contributed by atoms with Gasteiger partial charge in [-0.05, 0) is 24.6 Å². The number of rotatable bonds is 8. The molecule has 2 aromatic carbocycles. The van der Waals surface area contributed by atoms with Crippen LogP contribution < -0.4 is 9.47 Å². The molecule has 0 bridgehead atoms. The smallest absolute Gasteiger partial charge is 0.232 e. The van der Waals surface area contributed by atoms with Gasteiger partial charge in [0, 0.05) is 12.3 Å². The van der Waals surface area contributed by atoms with Crippen molar-refractivity contribution >= 4 is 17.7 Å². The molecule has 0 radical (unpaired) electrons. The number of benzene rings is 2. The van der Waals surface area contributed by atoms with Crippen LogP contribution >= 0.6 is 11.8 Å². The highest BCUT2D eigenvalue weighted by atomic mass is 32.2. The van der Waals surface area contributed by atoms with Crippen molar-refractivity contribution in [3.8, 4) is 11.5 Å². The summed E-state index contributed by atoms with van der Waals surface area (Å²) in [4.78, 5) is 14.3. The van der Waals surface area contributed by atoms with E-state index in [1.165, 1.54) is 11.8 Å². The first-order chi connectivity index (χ1) is 13.2. The Balaban J connectivity index is 1.45. The summed E-state index contributed by atoms with van der Waals surface area (Å²) >= 11 is 1.45. The molecule has 0 saturated heterocycles. The lowest BCUT2D eigenvalue weighted by Gasteiger charge is -2.31. The Morgan fingerprint density at radius 3 is 2.63 bits per heavy atom. The molecule has 0 aromatic heterocycles. The Bertz CT molecular complexity index is 740. The minimum absolute atomic E-state index is 0.0465. The van der Waals surface area contributed by atoms with Gasteiger partial charge < -0.3 is 19.5 Å². The summed E-state index contributed by atoms with van der Waals surface area (Å²) in [6.07, 6.45) is -0.741. The summed E-state index contributed by atoms with van der Waals surface area (Å²) < 4.78 is 11.7. The minimum atomic E-state index is -0.564. The van der Waals surface area contributed by atoms with Crippen LogP contribution in [0.3, 0.4) is 0 Å². The third kappa shape index (κ3) is 5.40. The first-order valence-corrected chi connectivity index (χ1v) is 10.3. The second-order valence-corrected chi connectivity index (χ2v) is 7.40. The van der Waals surface area contributed by atoms with Crippen LogP contribution in [-0.4, -0.2) is 53.2 Å². The van der Waals surface area contributed by atoms with Crippen molar-refractivity contribution < 1.29 is 19.4 Å². The highest BCUT2D eigenvalue weighted by molar-refractivity contribution is 7.99. The van der Waals surface area contributed by atoms with Crippen LogP contribution in [0.4, 0.5) is 0 Å². The predicted octanol–water partition coefficient (Wildman–Crippen LogP) is 3.14. The zero-order valence-corrected chi connectivity index (χ0v) is 16.2. The van der Waals surface area contributed by atoms with Crippen molar-refractivity contribution in [2.75, 3.05) is 31.2 Å². The number of carbonyl (C=O) groups excluding carboxylic acids is 1. The van der Waals surface area contributed by atoms with Gasteiger partial charge in [-0.25, -0.2) is 0 Å². The quantitative estimate of drug-likeness (QED) is 0.754. The fourth-order valence-corrected chi connectivity index (χ4v) is 3.82. The molecule has 1 aliphatic heterocycles. The van der Waals surface area contributed by atoms with Crippen LogP contribution in [-0.2, 0) is 4.79 Å². The molecule has 1 heterocycles. The molecule has 1 amide bonds. The number of hydrogen-bond acceptors (Lipinski definition) is 5. The molecule has 1 N–H and O–H groups in total. The summed E-state index contributed by atoms with van der Waals surface area (Å²) in [5.74, 6) is 2.34. The second kappa shape index (κ2) is 9.67. The van der Waals surface area contributed by atoms with E-state index in [0.29, 0.717) is 31.2 Å². The SMILES string of the molecule is CCN(CC1COc2ccccc2O1)C(=O)CSCC(O)c1ccccc1. The number of likely N-dealkylation sites (N-methyl/N-ethyl adjacent to an activating group) is 1. The molecule has 1 aliphatic rings. The zero-order valence-electron chi connectivity index (χ0n) is 15.4. The Morgan fingerprint density at radius 1 is 1.19 bits per heavy atom. The van der Waals surface area contributed by atoms with Gasteiger partial charge in [0.05, 0.1) is 18.4 Å². The largest absolute Gasteiger partial charge is 0.486 e. The number of nitrogens with zero attached hydrogens (tertiary/aromatic N) is 1. The second-order valence-electron chi connectivity index (χ2n) is 6.37. The number of ether oxygens (including phenoxy) is 2. The summed E-state index contributed by atoms with van der Waals surface area (Å²) in [7, 11) is 0. The number of fused-ring (bicyclic) bond motifs is 1. The number of thioether (sulfide) groups is 1. The third-order valence-electron chi connectivity index (χ3n) is 4.41. The van der Waals surface area contributed by atoms with Crippen LogP contribution in [0.5, 0.6) is 11.5 Å². The number of aliphatic hydroxyl groups is 1. The lowest BCUT2D eigenvalue weighted by atomic mass is 10.1. The van der Waals surface area contributed by atoms with Gasteiger partial charge in [-0.3, -0.25) is 4.79 Å². The first kappa shape index (κ1) is 19.6. The van der Waals surface area contributed by atoms with E-state index < -0.39 is 6.10 Å². The Labute approximate surface area is 164 Å².